The molecule has 6 aliphatic carbocycles. The van der Waals surface area contributed by atoms with E-state index in [1.165, 1.54) is 200 Å². The number of carbonyl (C=O) groups excluding carboxylic acids is 3. The highest BCUT2D eigenvalue weighted by molar-refractivity contribution is 5.70. The fraction of sp³-hybridized carbons (Fsp3) is 0.955. The number of ether oxygens (including phenoxy) is 3. The second-order valence-corrected chi connectivity index (χ2v) is 25.7. The molecule has 0 amide bonds. The van der Waals surface area contributed by atoms with Crippen LogP contribution in [0, 0.1) is 71.0 Å². The van der Waals surface area contributed by atoms with Crippen LogP contribution in [-0.2, 0) is 28.6 Å². The molecule has 0 radical (unpaired) electrons. The van der Waals surface area contributed by atoms with Gasteiger partial charge in [-0.25, -0.2) is 0 Å². The van der Waals surface area contributed by atoms with Gasteiger partial charge in [0.25, 0.3) is 0 Å². The van der Waals surface area contributed by atoms with Crippen LogP contribution in [0.2, 0.25) is 0 Å². The molecule has 6 saturated carbocycles. The summed E-state index contributed by atoms with van der Waals surface area (Å²) in [4.78, 5) is 33.6. The lowest BCUT2D eigenvalue weighted by molar-refractivity contribution is -0.216. The fourth-order valence-corrected chi connectivity index (χ4v) is 13.1. The lowest BCUT2D eigenvalue weighted by Gasteiger charge is -2.16. The van der Waals surface area contributed by atoms with Crippen molar-refractivity contribution in [1.82, 2.24) is 0 Å². The van der Waals surface area contributed by atoms with Gasteiger partial charge in [-0.3, -0.25) is 14.4 Å². The predicted octanol–water partition coefficient (Wildman–Crippen LogP) is 20.1. The molecule has 0 saturated heterocycles. The van der Waals surface area contributed by atoms with E-state index in [9.17, 15) is 27.6 Å². The summed E-state index contributed by atoms with van der Waals surface area (Å²) in [5, 5.41) is 0. The molecule has 9 heteroatoms. The summed E-state index contributed by atoms with van der Waals surface area (Å²) in [6.45, 7) is 10.1. The molecule has 0 aromatic heterocycles. The number of esters is 3. The van der Waals surface area contributed by atoms with Gasteiger partial charge in [0, 0.05) is 19.3 Å². The first-order valence-electron chi connectivity index (χ1n) is 32.8. The first-order valence-corrected chi connectivity index (χ1v) is 32.8. The maximum Gasteiger partial charge on any atom is 0.425 e. The number of alkyl halides is 3. The van der Waals surface area contributed by atoms with Gasteiger partial charge in [0.05, 0.1) is 13.7 Å². The zero-order chi connectivity index (χ0) is 54.3. The molecule has 438 valence electrons. The van der Waals surface area contributed by atoms with E-state index in [1.54, 1.807) is 25.7 Å². The molecule has 0 bridgehead atoms. The van der Waals surface area contributed by atoms with E-state index in [-0.39, 0.29) is 18.4 Å². The van der Waals surface area contributed by atoms with E-state index in [2.05, 4.69) is 30.2 Å². The summed E-state index contributed by atoms with van der Waals surface area (Å²) < 4.78 is 51.0. The molecule has 0 heterocycles. The molecule has 75 heavy (non-hydrogen) atoms. The monoisotopic (exact) mass is 1060 g/mol. The maximum atomic E-state index is 12.3. The standard InChI is InChI=1S/C23H39F3O2.C22H40O2.C21H38O2/c1-3-4-8-11-18-14-20(18)16-21-15-19(21)12-9-6-5-7-10-13-22(27)28-17(2)23(24,25)26;1-3-5-9-12-18-15-20(18)17-21-16-19(21)13-10-7-6-8-11-14-22(23)24-4-2;1-3-4-8-11-17-14-19(17)16-20-15-18(20)12-9-6-5-7-10-13-21(22)23-2/h17-21H,3-16H2,1-2H3;18-21H,3-17H2,1-2H3;17-20H,3-16H2,1-2H3. The third kappa shape index (κ3) is 31.5. The van der Waals surface area contributed by atoms with Gasteiger partial charge < -0.3 is 14.2 Å². The van der Waals surface area contributed by atoms with Crippen molar-refractivity contribution in [3.05, 3.63) is 0 Å². The highest BCUT2D eigenvalue weighted by atomic mass is 19.4. The molecule has 0 N–H and O–H groups in total. The minimum Gasteiger partial charge on any atom is -0.469 e. The summed E-state index contributed by atoms with van der Waals surface area (Å²) in [6.07, 6.45) is 47.4. The van der Waals surface area contributed by atoms with Crippen LogP contribution in [0.3, 0.4) is 0 Å². The lowest BCUT2D eigenvalue weighted by Crippen LogP contribution is -2.30. The second-order valence-electron chi connectivity index (χ2n) is 25.7. The zero-order valence-electron chi connectivity index (χ0n) is 49.5. The van der Waals surface area contributed by atoms with E-state index < -0.39 is 18.2 Å². The first kappa shape index (κ1) is 65.7. The number of hydrogen-bond acceptors (Lipinski definition) is 6. The quantitative estimate of drug-likeness (QED) is 0.0344. The lowest BCUT2D eigenvalue weighted by atomic mass is 10.0. The first-order chi connectivity index (χ1) is 36.3. The fourth-order valence-electron chi connectivity index (χ4n) is 13.1. The largest absolute Gasteiger partial charge is 0.469 e. The van der Waals surface area contributed by atoms with Crippen LogP contribution >= 0.6 is 0 Å². The molecule has 6 fully saturated rings. The number of methoxy groups -OCH3 is 1. The summed E-state index contributed by atoms with van der Waals surface area (Å²) >= 11 is 0. The summed E-state index contributed by atoms with van der Waals surface area (Å²) in [7, 11) is 1.48. The Hall–Kier alpha value is -1.80. The minimum atomic E-state index is -4.47. The molecule has 0 spiro atoms. The van der Waals surface area contributed by atoms with Gasteiger partial charge in [-0.05, 0) is 162 Å². The summed E-state index contributed by atoms with van der Waals surface area (Å²) in [5.74, 6) is 12.0. The highest BCUT2D eigenvalue weighted by Gasteiger charge is 2.47. The molecule has 6 nitrogen and oxygen atoms in total. The smallest absolute Gasteiger partial charge is 0.425 e. The van der Waals surface area contributed by atoms with Crippen molar-refractivity contribution in [2.75, 3.05) is 13.7 Å². The van der Waals surface area contributed by atoms with Crippen molar-refractivity contribution in [3.8, 4) is 0 Å². The SMILES string of the molecule is CCCCCC1CC1CC1CC1CCCCCCCC(=O)OC.CCCCCC1CC1CC1CC1CCCCCCCC(=O)OC(C)C(F)(F)F.CCCCCC1CC1CC1CC1CCCCCCCC(=O)OCC. The molecular weight excluding hydrogens is 946 g/mol. The average Bonchev–Trinajstić information content (AvgIpc) is 4.11. The van der Waals surface area contributed by atoms with E-state index in [0.29, 0.717) is 25.9 Å². The van der Waals surface area contributed by atoms with Crippen LogP contribution < -0.4 is 0 Å². The number of rotatable bonds is 44. The number of hydrogen-bond donors (Lipinski definition) is 0. The van der Waals surface area contributed by atoms with Crippen LogP contribution in [0.1, 0.15) is 304 Å². The molecule has 0 aromatic carbocycles. The van der Waals surface area contributed by atoms with Crippen molar-refractivity contribution in [3.63, 3.8) is 0 Å². The van der Waals surface area contributed by atoms with Crippen LogP contribution in [0.5, 0.6) is 0 Å². The maximum absolute atomic E-state index is 12.3. The Morgan fingerprint density at radius 3 is 0.933 bits per heavy atom. The molecule has 13 unspecified atom stereocenters. The Labute approximate surface area is 459 Å². The van der Waals surface area contributed by atoms with Crippen molar-refractivity contribution >= 4 is 17.9 Å². The Morgan fingerprint density at radius 1 is 0.387 bits per heavy atom. The summed E-state index contributed by atoms with van der Waals surface area (Å²) in [5.41, 5.74) is 0. The van der Waals surface area contributed by atoms with Crippen LogP contribution in [0.4, 0.5) is 13.2 Å². The molecule has 0 aromatic rings. The van der Waals surface area contributed by atoms with Gasteiger partial charge in [0.2, 0.25) is 0 Å². The van der Waals surface area contributed by atoms with E-state index in [1.807, 2.05) is 6.92 Å². The predicted molar refractivity (Wildman–Crippen MR) is 303 cm³/mol. The van der Waals surface area contributed by atoms with E-state index >= 15 is 0 Å². The number of unbranched alkanes of at least 4 members (excludes halogenated alkanes) is 18. The number of halogens is 3. The zero-order valence-corrected chi connectivity index (χ0v) is 49.5. The highest BCUT2D eigenvalue weighted by Crippen LogP contribution is 2.57. The van der Waals surface area contributed by atoms with Gasteiger partial charge >= 0.3 is 24.1 Å². The van der Waals surface area contributed by atoms with Gasteiger partial charge in [0.1, 0.15) is 0 Å². The van der Waals surface area contributed by atoms with Crippen LogP contribution in [0.25, 0.3) is 0 Å². The second kappa shape index (κ2) is 38.0. The third-order valence-corrected chi connectivity index (χ3v) is 18.9. The Kier molecular flexibility index (Phi) is 33.3. The van der Waals surface area contributed by atoms with Gasteiger partial charge in [-0.1, -0.05) is 194 Å². The topological polar surface area (TPSA) is 78.9 Å². The van der Waals surface area contributed by atoms with Gasteiger partial charge in [0.15, 0.2) is 6.10 Å². The van der Waals surface area contributed by atoms with Crippen molar-refractivity contribution in [2.45, 2.75) is 317 Å². The average molecular weight is 1060 g/mol. The van der Waals surface area contributed by atoms with Crippen LogP contribution in [0.15, 0.2) is 0 Å². The van der Waals surface area contributed by atoms with Gasteiger partial charge in [-0.2, -0.15) is 13.2 Å². The number of carbonyl (C=O) groups is 3. The van der Waals surface area contributed by atoms with Crippen LogP contribution in [-0.4, -0.2) is 43.9 Å². The summed E-state index contributed by atoms with van der Waals surface area (Å²) in [6, 6.07) is 0. The minimum absolute atomic E-state index is 0.0219. The molecule has 13 atom stereocenters. The van der Waals surface area contributed by atoms with Crippen molar-refractivity contribution < 1.29 is 41.8 Å². The van der Waals surface area contributed by atoms with Gasteiger partial charge in [-0.15, -0.1) is 0 Å². The Bertz CT molecular complexity index is 1500. The molecular formula is C66H117F3O6. The third-order valence-electron chi connectivity index (χ3n) is 18.9. The Morgan fingerprint density at radius 2 is 0.653 bits per heavy atom. The molecule has 6 rings (SSSR count). The van der Waals surface area contributed by atoms with E-state index in [4.69, 9.17) is 4.74 Å². The normalized spacial score (nSPS) is 28.0. The Balaban J connectivity index is 0.000000245. The van der Waals surface area contributed by atoms with E-state index in [0.717, 1.165) is 104 Å². The molecule has 6 aliphatic rings. The van der Waals surface area contributed by atoms with Crippen molar-refractivity contribution in [1.29, 1.82) is 0 Å². The molecule has 0 aliphatic heterocycles. The van der Waals surface area contributed by atoms with Crippen molar-refractivity contribution in [2.24, 2.45) is 71.0 Å².